The van der Waals surface area contributed by atoms with Gasteiger partial charge in [-0.25, -0.2) is 0 Å². The Kier molecular flexibility index (Phi) is 3.74. The SMILES string of the molecule is N#Cc1cccc(/C=C/CCO)c1. The smallest absolute Gasteiger partial charge is 0.0991 e. The van der Waals surface area contributed by atoms with Gasteiger partial charge in [0, 0.05) is 6.61 Å². The molecule has 1 N–H and O–H groups in total. The Balaban J connectivity index is 2.73. The van der Waals surface area contributed by atoms with E-state index >= 15 is 0 Å². The summed E-state index contributed by atoms with van der Waals surface area (Å²) in [6.45, 7) is 0.161. The Hall–Kier alpha value is -1.59. The van der Waals surface area contributed by atoms with Gasteiger partial charge in [-0.2, -0.15) is 5.26 Å². The molecule has 2 nitrogen and oxygen atoms in total. The number of aliphatic hydroxyl groups excluding tert-OH is 1. The molecule has 0 aliphatic carbocycles. The van der Waals surface area contributed by atoms with Crippen LogP contribution in [0.25, 0.3) is 6.08 Å². The molecule has 0 saturated heterocycles. The van der Waals surface area contributed by atoms with Gasteiger partial charge < -0.3 is 5.11 Å². The van der Waals surface area contributed by atoms with Crippen LogP contribution in [0.4, 0.5) is 0 Å². The third kappa shape index (κ3) is 3.10. The molecule has 0 radical (unpaired) electrons. The van der Waals surface area contributed by atoms with E-state index in [1.807, 2.05) is 30.4 Å². The van der Waals surface area contributed by atoms with Gasteiger partial charge in [-0.05, 0) is 24.1 Å². The summed E-state index contributed by atoms with van der Waals surface area (Å²) < 4.78 is 0. The van der Waals surface area contributed by atoms with Gasteiger partial charge in [-0.15, -0.1) is 0 Å². The fourth-order valence-electron chi connectivity index (χ4n) is 1.01. The van der Waals surface area contributed by atoms with Crippen molar-refractivity contribution in [2.24, 2.45) is 0 Å². The van der Waals surface area contributed by atoms with E-state index in [1.54, 1.807) is 6.07 Å². The zero-order valence-corrected chi connectivity index (χ0v) is 7.27. The lowest BCUT2D eigenvalue weighted by molar-refractivity contribution is 0.303. The summed E-state index contributed by atoms with van der Waals surface area (Å²) in [6, 6.07) is 9.42. The molecule has 0 aliphatic rings. The Bertz CT molecular complexity index is 336. The predicted octanol–water partition coefficient (Wildman–Crippen LogP) is 1.95. The number of nitrogens with zero attached hydrogens (tertiary/aromatic N) is 1. The second-order valence-corrected chi connectivity index (χ2v) is 2.65. The highest BCUT2D eigenvalue weighted by Crippen LogP contribution is 2.06. The van der Waals surface area contributed by atoms with Gasteiger partial charge in [-0.3, -0.25) is 0 Å². The fourth-order valence-corrected chi connectivity index (χ4v) is 1.01. The first-order valence-electron chi connectivity index (χ1n) is 4.14. The van der Waals surface area contributed by atoms with Crippen molar-refractivity contribution in [2.45, 2.75) is 6.42 Å². The summed E-state index contributed by atoms with van der Waals surface area (Å²) in [4.78, 5) is 0. The van der Waals surface area contributed by atoms with Gasteiger partial charge >= 0.3 is 0 Å². The first-order valence-corrected chi connectivity index (χ1v) is 4.14. The Morgan fingerprint density at radius 3 is 3.00 bits per heavy atom. The first-order chi connectivity index (χ1) is 6.36. The van der Waals surface area contributed by atoms with Crippen LogP contribution in [-0.2, 0) is 0 Å². The van der Waals surface area contributed by atoms with Gasteiger partial charge in [0.15, 0.2) is 0 Å². The minimum Gasteiger partial charge on any atom is -0.396 e. The van der Waals surface area contributed by atoms with Crippen LogP contribution in [0.15, 0.2) is 30.3 Å². The van der Waals surface area contributed by atoms with Crippen molar-refractivity contribution < 1.29 is 5.11 Å². The van der Waals surface area contributed by atoms with Gasteiger partial charge in [0.05, 0.1) is 11.6 Å². The third-order valence-electron chi connectivity index (χ3n) is 1.62. The van der Waals surface area contributed by atoms with E-state index in [0.29, 0.717) is 12.0 Å². The van der Waals surface area contributed by atoms with Crippen LogP contribution in [0.5, 0.6) is 0 Å². The number of rotatable bonds is 3. The van der Waals surface area contributed by atoms with E-state index < -0.39 is 0 Å². The lowest BCUT2D eigenvalue weighted by atomic mass is 10.1. The van der Waals surface area contributed by atoms with Crippen molar-refractivity contribution in [1.29, 1.82) is 5.26 Å². The van der Waals surface area contributed by atoms with Crippen LogP contribution in [0.2, 0.25) is 0 Å². The quantitative estimate of drug-likeness (QED) is 0.759. The molecule has 0 unspecified atom stereocenters. The molecule has 1 aromatic rings. The molecule has 0 bridgehead atoms. The third-order valence-corrected chi connectivity index (χ3v) is 1.62. The zero-order chi connectivity index (χ0) is 9.52. The maximum atomic E-state index is 8.62. The average molecular weight is 173 g/mol. The van der Waals surface area contributed by atoms with E-state index in [-0.39, 0.29) is 6.61 Å². The highest BCUT2D eigenvalue weighted by molar-refractivity contribution is 5.52. The average Bonchev–Trinajstić information content (AvgIpc) is 2.19. The van der Waals surface area contributed by atoms with Crippen molar-refractivity contribution in [1.82, 2.24) is 0 Å². The molecular weight excluding hydrogens is 162 g/mol. The lowest BCUT2D eigenvalue weighted by Gasteiger charge is -1.92. The Morgan fingerprint density at radius 1 is 1.46 bits per heavy atom. The predicted molar refractivity (Wildman–Crippen MR) is 51.9 cm³/mol. The number of hydrogen-bond acceptors (Lipinski definition) is 2. The summed E-state index contributed by atoms with van der Waals surface area (Å²) >= 11 is 0. The fraction of sp³-hybridized carbons (Fsp3) is 0.182. The van der Waals surface area contributed by atoms with Gasteiger partial charge in [0.1, 0.15) is 0 Å². The normalized spacial score (nSPS) is 10.2. The lowest BCUT2D eigenvalue weighted by Crippen LogP contribution is -1.78. The molecule has 0 spiro atoms. The summed E-state index contributed by atoms with van der Waals surface area (Å²) in [5, 5.41) is 17.2. The van der Waals surface area contributed by atoms with Crippen molar-refractivity contribution in [3.05, 3.63) is 41.5 Å². The highest BCUT2D eigenvalue weighted by Gasteiger charge is 1.89. The largest absolute Gasteiger partial charge is 0.396 e. The zero-order valence-electron chi connectivity index (χ0n) is 7.27. The number of benzene rings is 1. The van der Waals surface area contributed by atoms with E-state index in [1.165, 1.54) is 0 Å². The maximum Gasteiger partial charge on any atom is 0.0991 e. The number of hydrogen-bond donors (Lipinski definition) is 1. The van der Waals surface area contributed by atoms with Crippen LogP contribution in [0, 0.1) is 11.3 Å². The molecule has 66 valence electrons. The van der Waals surface area contributed by atoms with Crippen LogP contribution in [0.1, 0.15) is 17.5 Å². The highest BCUT2D eigenvalue weighted by atomic mass is 16.2. The van der Waals surface area contributed by atoms with Gasteiger partial charge in [-0.1, -0.05) is 24.3 Å². The Labute approximate surface area is 77.8 Å². The standard InChI is InChI=1S/C11H11NO/c12-9-11-6-3-5-10(8-11)4-1-2-7-13/h1,3-6,8,13H,2,7H2/b4-1+. The van der Waals surface area contributed by atoms with Crippen LogP contribution >= 0.6 is 0 Å². The molecule has 0 fully saturated rings. The topological polar surface area (TPSA) is 44.0 Å². The van der Waals surface area contributed by atoms with E-state index in [0.717, 1.165) is 5.56 Å². The molecule has 1 rings (SSSR count). The molecule has 0 aromatic heterocycles. The van der Waals surface area contributed by atoms with Crippen molar-refractivity contribution >= 4 is 6.08 Å². The van der Waals surface area contributed by atoms with Crippen molar-refractivity contribution in [3.8, 4) is 6.07 Å². The van der Waals surface area contributed by atoms with Gasteiger partial charge in [0.2, 0.25) is 0 Å². The summed E-state index contributed by atoms with van der Waals surface area (Å²) in [7, 11) is 0. The molecule has 13 heavy (non-hydrogen) atoms. The minimum absolute atomic E-state index is 0.161. The second kappa shape index (κ2) is 5.13. The summed E-state index contributed by atoms with van der Waals surface area (Å²) in [5.41, 5.74) is 1.65. The molecule has 0 heterocycles. The summed E-state index contributed by atoms with van der Waals surface area (Å²) in [6.07, 6.45) is 4.43. The Morgan fingerprint density at radius 2 is 2.31 bits per heavy atom. The van der Waals surface area contributed by atoms with Crippen LogP contribution in [0.3, 0.4) is 0 Å². The van der Waals surface area contributed by atoms with Crippen LogP contribution < -0.4 is 0 Å². The molecule has 1 aromatic carbocycles. The molecule has 0 atom stereocenters. The molecule has 0 aliphatic heterocycles. The second-order valence-electron chi connectivity index (χ2n) is 2.65. The van der Waals surface area contributed by atoms with Crippen molar-refractivity contribution in [3.63, 3.8) is 0 Å². The monoisotopic (exact) mass is 173 g/mol. The number of aliphatic hydroxyl groups is 1. The molecular formula is C11H11NO. The minimum atomic E-state index is 0.161. The molecule has 2 heteroatoms. The summed E-state index contributed by atoms with van der Waals surface area (Å²) in [5.74, 6) is 0. The van der Waals surface area contributed by atoms with E-state index in [9.17, 15) is 0 Å². The van der Waals surface area contributed by atoms with Crippen molar-refractivity contribution in [2.75, 3.05) is 6.61 Å². The van der Waals surface area contributed by atoms with Gasteiger partial charge in [0.25, 0.3) is 0 Å². The molecule has 0 saturated carbocycles. The van der Waals surface area contributed by atoms with E-state index in [4.69, 9.17) is 10.4 Å². The first kappa shape index (κ1) is 9.50. The van der Waals surface area contributed by atoms with Crippen LogP contribution in [-0.4, -0.2) is 11.7 Å². The van der Waals surface area contributed by atoms with E-state index in [2.05, 4.69) is 6.07 Å². The number of nitriles is 1. The maximum absolute atomic E-state index is 8.62. The molecule has 0 amide bonds.